The summed E-state index contributed by atoms with van der Waals surface area (Å²) in [7, 11) is 0. The van der Waals surface area contributed by atoms with E-state index in [0.717, 1.165) is 19.3 Å². The molecule has 0 bridgehead atoms. The number of hydrogen-bond donors (Lipinski definition) is 3. The van der Waals surface area contributed by atoms with Crippen molar-refractivity contribution in [3.8, 4) is 5.75 Å². The average molecular weight is 333 g/mol. The molecule has 1 unspecified atom stereocenters. The first-order valence-electron chi connectivity index (χ1n) is 6.17. The molecule has 0 spiro atoms. The highest BCUT2D eigenvalue weighted by molar-refractivity contribution is 9.10. The Morgan fingerprint density at radius 3 is 2.79 bits per heavy atom. The number of hydrogen-bond acceptors (Lipinski definition) is 5. The van der Waals surface area contributed by atoms with Crippen LogP contribution in [0.2, 0.25) is 0 Å². The number of aliphatic hydroxyl groups is 3. The average Bonchev–Trinajstić information content (AvgIpc) is 2.42. The zero-order valence-electron chi connectivity index (χ0n) is 10.4. The second-order valence-electron chi connectivity index (χ2n) is 4.53. The van der Waals surface area contributed by atoms with Gasteiger partial charge < -0.3 is 24.8 Å². The highest BCUT2D eigenvalue weighted by Crippen LogP contribution is 2.31. The van der Waals surface area contributed by atoms with Gasteiger partial charge in [-0.05, 0) is 31.0 Å². The molecule has 1 aliphatic heterocycles. The van der Waals surface area contributed by atoms with E-state index >= 15 is 0 Å². The molecule has 0 aliphatic carbocycles. The van der Waals surface area contributed by atoms with Gasteiger partial charge in [0.25, 0.3) is 0 Å². The van der Waals surface area contributed by atoms with Gasteiger partial charge in [0.15, 0.2) is 6.29 Å². The Morgan fingerprint density at radius 1 is 1.37 bits per heavy atom. The highest BCUT2D eigenvalue weighted by Gasteiger charge is 2.28. The van der Waals surface area contributed by atoms with Gasteiger partial charge in [-0.1, -0.05) is 15.9 Å². The summed E-state index contributed by atoms with van der Waals surface area (Å²) >= 11 is 3.21. The van der Waals surface area contributed by atoms with Crippen molar-refractivity contribution < 1.29 is 24.8 Å². The molecule has 1 saturated heterocycles. The van der Waals surface area contributed by atoms with Crippen molar-refractivity contribution in [3.63, 3.8) is 0 Å². The Kier molecular flexibility index (Phi) is 4.81. The van der Waals surface area contributed by atoms with Crippen LogP contribution in [0.25, 0.3) is 0 Å². The summed E-state index contributed by atoms with van der Waals surface area (Å²) in [4.78, 5) is 0. The van der Waals surface area contributed by atoms with Crippen LogP contribution in [0.3, 0.4) is 0 Å². The standard InChI is InChI=1S/C13H17BrO5/c14-11-5-4-9(7-10(11)13(16,17)8-15)19-12-3-1-2-6-18-12/h4-5,7,12,15-17H,1-3,6,8H2. The molecule has 1 fully saturated rings. The fourth-order valence-electron chi connectivity index (χ4n) is 1.93. The summed E-state index contributed by atoms with van der Waals surface area (Å²) in [5.41, 5.74) is 0.156. The van der Waals surface area contributed by atoms with Gasteiger partial charge in [0, 0.05) is 16.5 Å². The van der Waals surface area contributed by atoms with Crippen molar-refractivity contribution in [2.45, 2.75) is 31.3 Å². The summed E-state index contributed by atoms with van der Waals surface area (Å²) < 4.78 is 11.6. The van der Waals surface area contributed by atoms with Crippen LogP contribution in [-0.4, -0.2) is 34.8 Å². The third-order valence-electron chi connectivity index (χ3n) is 3.00. The van der Waals surface area contributed by atoms with Gasteiger partial charge in [0.2, 0.25) is 5.79 Å². The molecule has 5 nitrogen and oxygen atoms in total. The van der Waals surface area contributed by atoms with Gasteiger partial charge in [0.1, 0.15) is 12.4 Å². The molecule has 1 aromatic carbocycles. The smallest absolute Gasteiger partial charge is 0.215 e. The summed E-state index contributed by atoms with van der Waals surface area (Å²) in [6, 6.07) is 4.83. The summed E-state index contributed by atoms with van der Waals surface area (Å²) in [5, 5.41) is 28.4. The van der Waals surface area contributed by atoms with Crippen LogP contribution in [0.4, 0.5) is 0 Å². The molecule has 106 valence electrons. The molecule has 0 amide bonds. The number of rotatable bonds is 4. The molecular weight excluding hydrogens is 316 g/mol. The number of benzene rings is 1. The summed E-state index contributed by atoms with van der Waals surface area (Å²) in [6.45, 7) is -0.121. The van der Waals surface area contributed by atoms with Gasteiger partial charge in [-0.15, -0.1) is 0 Å². The normalized spacial score (nSPS) is 20.3. The number of aliphatic hydroxyl groups excluding tert-OH is 1. The minimum atomic E-state index is -2.30. The largest absolute Gasteiger partial charge is 0.465 e. The van der Waals surface area contributed by atoms with E-state index in [1.54, 1.807) is 12.1 Å². The van der Waals surface area contributed by atoms with E-state index in [2.05, 4.69) is 15.9 Å². The summed E-state index contributed by atoms with van der Waals surface area (Å²) in [5.74, 6) is -1.82. The van der Waals surface area contributed by atoms with Crippen molar-refractivity contribution in [1.82, 2.24) is 0 Å². The van der Waals surface area contributed by atoms with E-state index in [-0.39, 0.29) is 11.9 Å². The lowest BCUT2D eigenvalue weighted by Gasteiger charge is -2.25. The van der Waals surface area contributed by atoms with Gasteiger partial charge >= 0.3 is 0 Å². The van der Waals surface area contributed by atoms with Crippen molar-refractivity contribution in [2.24, 2.45) is 0 Å². The maximum absolute atomic E-state index is 9.69. The molecule has 0 aromatic heterocycles. The van der Waals surface area contributed by atoms with Crippen LogP contribution < -0.4 is 4.74 Å². The molecule has 2 rings (SSSR count). The van der Waals surface area contributed by atoms with E-state index in [4.69, 9.17) is 14.6 Å². The second-order valence-corrected chi connectivity index (χ2v) is 5.38. The van der Waals surface area contributed by atoms with Gasteiger partial charge in [-0.25, -0.2) is 0 Å². The highest BCUT2D eigenvalue weighted by atomic mass is 79.9. The molecular formula is C13H17BrO5. The Morgan fingerprint density at radius 2 is 2.16 bits per heavy atom. The molecule has 0 radical (unpaired) electrons. The first-order chi connectivity index (χ1) is 9.03. The topological polar surface area (TPSA) is 79.2 Å². The predicted octanol–water partition coefficient (Wildman–Crippen LogP) is 1.48. The lowest BCUT2D eigenvalue weighted by molar-refractivity contribution is -0.196. The zero-order valence-corrected chi connectivity index (χ0v) is 12.0. The first-order valence-corrected chi connectivity index (χ1v) is 6.96. The van der Waals surface area contributed by atoms with Crippen molar-refractivity contribution in [1.29, 1.82) is 0 Å². The second kappa shape index (κ2) is 6.19. The minimum Gasteiger partial charge on any atom is -0.465 e. The zero-order chi connectivity index (χ0) is 13.9. The van der Waals surface area contributed by atoms with Gasteiger partial charge in [-0.2, -0.15) is 0 Å². The predicted molar refractivity (Wildman–Crippen MR) is 71.6 cm³/mol. The van der Waals surface area contributed by atoms with Crippen molar-refractivity contribution >= 4 is 15.9 Å². The molecule has 19 heavy (non-hydrogen) atoms. The Bertz CT molecular complexity index is 429. The fourth-order valence-corrected chi connectivity index (χ4v) is 2.49. The van der Waals surface area contributed by atoms with E-state index < -0.39 is 12.4 Å². The van der Waals surface area contributed by atoms with E-state index in [0.29, 0.717) is 16.8 Å². The van der Waals surface area contributed by atoms with Crippen LogP contribution in [-0.2, 0) is 10.5 Å². The molecule has 1 heterocycles. The Labute approximate surface area is 119 Å². The maximum Gasteiger partial charge on any atom is 0.215 e. The maximum atomic E-state index is 9.69. The van der Waals surface area contributed by atoms with Crippen molar-refractivity contribution in [3.05, 3.63) is 28.2 Å². The molecule has 1 aliphatic rings. The van der Waals surface area contributed by atoms with Crippen LogP contribution in [0.15, 0.2) is 22.7 Å². The van der Waals surface area contributed by atoms with E-state index in [9.17, 15) is 10.2 Å². The third-order valence-corrected chi connectivity index (χ3v) is 3.69. The van der Waals surface area contributed by atoms with E-state index in [1.165, 1.54) is 6.07 Å². The van der Waals surface area contributed by atoms with Crippen LogP contribution in [0.1, 0.15) is 24.8 Å². The van der Waals surface area contributed by atoms with Crippen LogP contribution >= 0.6 is 15.9 Å². The monoisotopic (exact) mass is 332 g/mol. The van der Waals surface area contributed by atoms with Crippen molar-refractivity contribution in [2.75, 3.05) is 13.2 Å². The number of halogens is 1. The Balaban J connectivity index is 2.16. The minimum absolute atomic E-state index is 0.156. The summed E-state index contributed by atoms with van der Waals surface area (Å²) in [6.07, 6.45) is 2.60. The number of ether oxygens (including phenoxy) is 2. The fraction of sp³-hybridized carbons (Fsp3) is 0.538. The quantitative estimate of drug-likeness (QED) is 0.728. The third kappa shape index (κ3) is 3.67. The molecule has 1 aromatic rings. The van der Waals surface area contributed by atoms with Gasteiger partial charge in [0.05, 0.1) is 6.61 Å². The van der Waals surface area contributed by atoms with E-state index in [1.807, 2.05) is 0 Å². The lowest BCUT2D eigenvalue weighted by atomic mass is 10.1. The first kappa shape index (κ1) is 14.7. The molecule has 6 heteroatoms. The van der Waals surface area contributed by atoms with Crippen LogP contribution in [0.5, 0.6) is 5.75 Å². The van der Waals surface area contributed by atoms with Gasteiger partial charge in [-0.3, -0.25) is 0 Å². The van der Waals surface area contributed by atoms with Crippen LogP contribution in [0, 0.1) is 0 Å². The molecule has 3 N–H and O–H groups in total. The molecule has 1 atom stereocenters. The Hall–Kier alpha value is -0.660. The SMILES string of the molecule is OCC(O)(O)c1cc(OC2CCCCO2)ccc1Br. The molecule has 0 saturated carbocycles. The lowest BCUT2D eigenvalue weighted by Crippen LogP contribution is -2.30.